The van der Waals surface area contributed by atoms with Gasteiger partial charge in [0.2, 0.25) is 5.91 Å². The van der Waals surface area contributed by atoms with Gasteiger partial charge in [-0.05, 0) is 38.0 Å². The Balaban J connectivity index is 1.58. The number of H-pyrrole nitrogens is 1. The van der Waals surface area contributed by atoms with Crippen molar-refractivity contribution in [3.05, 3.63) is 42.4 Å². The van der Waals surface area contributed by atoms with E-state index in [-0.39, 0.29) is 17.9 Å². The lowest BCUT2D eigenvalue weighted by molar-refractivity contribution is -0.126. The second-order valence-corrected chi connectivity index (χ2v) is 6.34. The minimum absolute atomic E-state index is 0.0799. The second kappa shape index (κ2) is 5.72. The van der Waals surface area contributed by atoms with Gasteiger partial charge in [0.1, 0.15) is 5.82 Å². The third-order valence-corrected chi connectivity index (χ3v) is 4.45. The van der Waals surface area contributed by atoms with Crippen LogP contribution in [0.3, 0.4) is 0 Å². The second-order valence-electron chi connectivity index (χ2n) is 6.34. The summed E-state index contributed by atoms with van der Waals surface area (Å²) in [5.41, 5.74) is 3.92. The van der Waals surface area contributed by atoms with E-state index in [1.54, 1.807) is 12.4 Å². The summed E-state index contributed by atoms with van der Waals surface area (Å²) < 4.78 is 0. The van der Waals surface area contributed by atoms with Crippen LogP contribution in [-0.4, -0.2) is 32.1 Å². The quantitative estimate of drug-likeness (QED) is 0.691. The maximum absolute atomic E-state index is 12.1. The SMILES string of the molecule is Cc1cc(-c2cc3cnc(NC(=O)[C@H]4C[C@H](O)C4)cc3[nH]2)ccn1. The summed E-state index contributed by atoms with van der Waals surface area (Å²) in [5.74, 6) is 0.327. The molecule has 0 atom stereocenters. The average molecular weight is 322 g/mol. The van der Waals surface area contributed by atoms with Gasteiger partial charge in [-0.25, -0.2) is 4.98 Å². The van der Waals surface area contributed by atoms with Gasteiger partial charge in [0.15, 0.2) is 0 Å². The maximum Gasteiger partial charge on any atom is 0.228 e. The Bertz CT molecular complexity index is 912. The van der Waals surface area contributed by atoms with Crippen molar-refractivity contribution in [2.24, 2.45) is 5.92 Å². The fraction of sp³-hybridized carbons (Fsp3) is 0.278. The molecule has 1 saturated carbocycles. The summed E-state index contributed by atoms with van der Waals surface area (Å²) >= 11 is 0. The van der Waals surface area contributed by atoms with Crippen LogP contribution < -0.4 is 5.32 Å². The number of aryl methyl sites for hydroxylation is 1. The molecule has 3 heterocycles. The molecule has 0 aromatic carbocycles. The number of amides is 1. The Hall–Kier alpha value is -2.73. The van der Waals surface area contributed by atoms with Crippen LogP contribution >= 0.6 is 0 Å². The first kappa shape index (κ1) is 14.8. The van der Waals surface area contributed by atoms with E-state index in [1.165, 1.54) is 0 Å². The van der Waals surface area contributed by atoms with Crippen molar-refractivity contribution in [1.82, 2.24) is 15.0 Å². The molecule has 1 aliphatic carbocycles. The predicted molar refractivity (Wildman–Crippen MR) is 91.4 cm³/mol. The highest BCUT2D eigenvalue weighted by atomic mass is 16.3. The van der Waals surface area contributed by atoms with Gasteiger partial charge in [-0.2, -0.15) is 0 Å². The number of nitrogens with zero attached hydrogens (tertiary/aromatic N) is 2. The Kier molecular flexibility index (Phi) is 3.54. The molecule has 0 bridgehead atoms. The van der Waals surface area contributed by atoms with Crippen molar-refractivity contribution >= 4 is 22.6 Å². The fourth-order valence-corrected chi connectivity index (χ4v) is 2.99. The molecule has 1 fully saturated rings. The predicted octanol–water partition coefficient (Wildman–Crippen LogP) is 2.64. The first-order chi connectivity index (χ1) is 11.6. The van der Waals surface area contributed by atoms with Crippen molar-refractivity contribution in [1.29, 1.82) is 0 Å². The minimum Gasteiger partial charge on any atom is -0.393 e. The number of aromatic amines is 1. The molecule has 1 amide bonds. The number of carbonyl (C=O) groups excluding carboxylic acids is 1. The van der Waals surface area contributed by atoms with Gasteiger partial charge >= 0.3 is 0 Å². The summed E-state index contributed by atoms with van der Waals surface area (Å²) in [4.78, 5) is 23.9. The van der Waals surface area contributed by atoms with Crippen LogP contribution in [-0.2, 0) is 4.79 Å². The molecule has 6 nitrogen and oxygen atoms in total. The highest BCUT2D eigenvalue weighted by Crippen LogP contribution is 2.29. The molecule has 0 unspecified atom stereocenters. The molecule has 3 aromatic heterocycles. The van der Waals surface area contributed by atoms with Crippen LogP contribution in [0.4, 0.5) is 5.82 Å². The van der Waals surface area contributed by atoms with Crippen LogP contribution in [0.2, 0.25) is 0 Å². The third kappa shape index (κ3) is 2.76. The Morgan fingerprint density at radius 3 is 2.88 bits per heavy atom. The van der Waals surface area contributed by atoms with Crippen LogP contribution in [0.5, 0.6) is 0 Å². The van der Waals surface area contributed by atoms with E-state index in [9.17, 15) is 9.90 Å². The van der Waals surface area contributed by atoms with Gasteiger partial charge in [0, 0.05) is 46.7 Å². The van der Waals surface area contributed by atoms with Crippen molar-refractivity contribution < 1.29 is 9.90 Å². The molecule has 0 radical (unpaired) electrons. The van der Waals surface area contributed by atoms with Crippen molar-refractivity contribution in [2.45, 2.75) is 25.9 Å². The van der Waals surface area contributed by atoms with Crippen molar-refractivity contribution in [3.63, 3.8) is 0 Å². The van der Waals surface area contributed by atoms with Crippen molar-refractivity contribution in [2.75, 3.05) is 5.32 Å². The summed E-state index contributed by atoms with van der Waals surface area (Å²) in [7, 11) is 0. The molecule has 3 aromatic rings. The number of hydrogen-bond donors (Lipinski definition) is 3. The number of aliphatic hydroxyl groups is 1. The highest BCUT2D eigenvalue weighted by Gasteiger charge is 2.33. The highest BCUT2D eigenvalue weighted by molar-refractivity contribution is 5.94. The van der Waals surface area contributed by atoms with E-state index in [0.717, 1.165) is 27.9 Å². The number of fused-ring (bicyclic) bond motifs is 1. The van der Waals surface area contributed by atoms with Crippen LogP contribution in [0, 0.1) is 12.8 Å². The topological polar surface area (TPSA) is 90.9 Å². The number of nitrogens with one attached hydrogen (secondary N) is 2. The monoisotopic (exact) mass is 322 g/mol. The molecule has 122 valence electrons. The van der Waals surface area contributed by atoms with Crippen LogP contribution in [0.25, 0.3) is 22.2 Å². The standard InChI is InChI=1S/C18H18N4O2/c1-10-4-11(2-3-19-10)15-7-13-9-20-17(8-16(13)21-15)22-18(24)12-5-14(23)6-12/h2-4,7-9,12,14,21,23H,5-6H2,1H3,(H,20,22,24)/t12-,14-. The molecule has 3 N–H and O–H groups in total. The molecule has 6 heteroatoms. The Morgan fingerprint density at radius 2 is 2.12 bits per heavy atom. The number of pyridine rings is 2. The smallest absolute Gasteiger partial charge is 0.228 e. The molecule has 1 aliphatic rings. The third-order valence-electron chi connectivity index (χ3n) is 4.45. The Morgan fingerprint density at radius 1 is 1.29 bits per heavy atom. The maximum atomic E-state index is 12.1. The largest absolute Gasteiger partial charge is 0.393 e. The number of rotatable bonds is 3. The molecule has 0 saturated heterocycles. The minimum atomic E-state index is -0.342. The normalized spacial score (nSPS) is 19.9. The lowest BCUT2D eigenvalue weighted by Crippen LogP contribution is -2.37. The average Bonchev–Trinajstić information content (AvgIpc) is 2.95. The number of hydrogen-bond acceptors (Lipinski definition) is 4. The van der Waals surface area contributed by atoms with Crippen molar-refractivity contribution in [3.8, 4) is 11.3 Å². The van der Waals surface area contributed by atoms with Gasteiger partial charge in [-0.3, -0.25) is 9.78 Å². The molecule has 4 rings (SSSR count). The molecule has 0 aliphatic heterocycles. The first-order valence-corrected chi connectivity index (χ1v) is 7.99. The van der Waals surface area contributed by atoms with Gasteiger partial charge in [-0.1, -0.05) is 0 Å². The Labute approximate surface area is 139 Å². The number of anilines is 1. The zero-order valence-electron chi connectivity index (χ0n) is 13.3. The molecule has 0 spiro atoms. The van der Waals surface area contributed by atoms with E-state index in [2.05, 4.69) is 20.3 Å². The zero-order valence-corrected chi connectivity index (χ0v) is 13.3. The number of aliphatic hydroxyl groups excluding tert-OH is 1. The molecular weight excluding hydrogens is 304 g/mol. The van der Waals surface area contributed by atoms with Crippen LogP contribution in [0.1, 0.15) is 18.5 Å². The van der Waals surface area contributed by atoms with E-state index >= 15 is 0 Å². The van der Waals surface area contributed by atoms with E-state index in [0.29, 0.717) is 18.7 Å². The van der Waals surface area contributed by atoms with Crippen LogP contribution in [0.15, 0.2) is 36.7 Å². The van der Waals surface area contributed by atoms with Gasteiger partial charge in [0.05, 0.1) is 11.6 Å². The summed E-state index contributed by atoms with van der Waals surface area (Å²) in [5, 5.41) is 13.1. The van der Waals surface area contributed by atoms with Gasteiger partial charge in [-0.15, -0.1) is 0 Å². The van der Waals surface area contributed by atoms with E-state index in [4.69, 9.17) is 0 Å². The fourth-order valence-electron chi connectivity index (χ4n) is 2.99. The summed E-state index contributed by atoms with van der Waals surface area (Å²) in [6.45, 7) is 1.96. The molecular formula is C18H18N4O2. The summed E-state index contributed by atoms with van der Waals surface area (Å²) in [6.07, 6.45) is 4.25. The van der Waals surface area contributed by atoms with Gasteiger partial charge in [0.25, 0.3) is 0 Å². The number of carbonyl (C=O) groups is 1. The van der Waals surface area contributed by atoms with Gasteiger partial charge < -0.3 is 15.4 Å². The lowest BCUT2D eigenvalue weighted by atomic mass is 9.82. The first-order valence-electron chi connectivity index (χ1n) is 7.99. The zero-order chi connectivity index (χ0) is 16.7. The van der Waals surface area contributed by atoms with E-state index < -0.39 is 0 Å². The molecule has 24 heavy (non-hydrogen) atoms. The van der Waals surface area contributed by atoms with E-state index in [1.807, 2.05) is 31.2 Å². The lowest BCUT2D eigenvalue weighted by Gasteiger charge is -2.29. The number of aromatic nitrogens is 3. The summed E-state index contributed by atoms with van der Waals surface area (Å²) in [6, 6.07) is 7.84.